The minimum absolute atomic E-state index is 0.639. The zero-order valence-corrected chi connectivity index (χ0v) is 14.4. The van der Waals surface area contributed by atoms with E-state index < -0.39 is 0 Å². The number of hydrogen-bond donors (Lipinski definition) is 0. The van der Waals surface area contributed by atoms with Gasteiger partial charge in [-0.2, -0.15) is 0 Å². The summed E-state index contributed by atoms with van der Waals surface area (Å²) in [4.78, 5) is 0. The SMILES string of the molecule is CC[C@@H]1CC[C@H]2[C@@H]3CCc4cc(OC)ccc4[C@H]3CC[C@]12C. The predicted molar refractivity (Wildman–Crippen MR) is 91.4 cm³/mol. The van der Waals surface area contributed by atoms with Crippen LogP contribution in [0.1, 0.15) is 69.4 Å². The molecule has 0 N–H and O–H groups in total. The van der Waals surface area contributed by atoms with E-state index in [1.165, 1.54) is 44.9 Å². The average molecular weight is 298 g/mol. The van der Waals surface area contributed by atoms with Crippen molar-refractivity contribution >= 4 is 0 Å². The second-order valence-electron chi connectivity index (χ2n) is 8.21. The van der Waals surface area contributed by atoms with E-state index in [0.717, 1.165) is 29.4 Å². The lowest BCUT2D eigenvalue weighted by Crippen LogP contribution is -2.42. The number of benzene rings is 1. The Kier molecular flexibility index (Phi) is 3.51. The first-order chi connectivity index (χ1) is 10.7. The van der Waals surface area contributed by atoms with Crippen LogP contribution >= 0.6 is 0 Å². The first-order valence-electron chi connectivity index (χ1n) is 9.34. The number of rotatable bonds is 2. The van der Waals surface area contributed by atoms with Crippen LogP contribution in [-0.4, -0.2) is 7.11 Å². The van der Waals surface area contributed by atoms with Crippen LogP contribution in [0, 0.1) is 23.2 Å². The standard InChI is InChI=1S/C21H30O/c1-4-15-6-10-20-19-8-5-14-13-16(22-3)7-9-17(14)18(19)11-12-21(15,20)2/h7,9,13,15,18-20H,4-6,8,10-12H2,1-3H3/t15-,18-,19-,20+,21-/m1/s1. The van der Waals surface area contributed by atoms with Crippen LogP contribution in [0.4, 0.5) is 0 Å². The number of aryl methyl sites for hydroxylation is 1. The zero-order chi connectivity index (χ0) is 15.3. The molecule has 1 aromatic rings. The van der Waals surface area contributed by atoms with Crippen molar-refractivity contribution in [3.63, 3.8) is 0 Å². The van der Waals surface area contributed by atoms with Gasteiger partial charge in [0, 0.05) is 0 Å². The molecule has 3 aliphatic rings. The lowest BCUT2D eigenvalue weighted by molar-refractivity contribution is 0.0273. The molecular weight excluding hydrogens is 268 g/mol. The molecule has 2 fully saturated rings. The molecule has 22 heavy (non-hydrogen) atoms. The summed E-state index contributed by atoms with van der Waals surface area (Å²) < 4.78 is 5.43. The van der Waals surface area contributed by atoms with Gasteiger partial charge >= 0.3 is 0 Å². The second-order valence-corrected chi connectivity index (χ2v) is 8.21. The van der Waals surface area contributed by atoms with E-state index in [4.69, 9.17) is 4.74 Å². The molecule has 0 aromatic heterocycles. The number of ether oxygens (including phenoxy) is 1. The molecule has 0 radical (unpaired) electrons. The minimum Gasteiger partial charge on any atom is -0.497 e. The van der Waals surface area contributed by atoms with Gasteiger partial charge in [0.2, 0.25) is 0 Å². The highest BCUT2D eigenvalue weighted by Gasteiger charge is 2.53. The van der Waals surface area contributed by atoms with Crippen LogP contribution in [0.3, 0.4) is 0 Å². The van der Waals surface area contributed by atoms with Crippen LogP contribution in [0.15, 0.2) is 18.2 Å². The fraction of sp³-hybridized carbons (Fsp3) is 0.714. The maximum absolute atomic E-state index is 5.43. The summed E-state index contributed by atoms with van der Waals surface area (Å²) in [6.45, 7) is 5.03. The number of methoxy groups -OCH3 is 1. The fourth-order valence-corrected chi connectivity index (χ4v) is 6.47. The van der Waals surface area contributed by atoms with Crippen molar-refractivity contribution in [1.82, 2.24) is 0 Å². The summed E-state index contributed by atoms with van der Waals surface area (Å²) in [6.07, 6.45) is 9.88. The van der Waals surface area contributed by atoms with E-state index in [1.807, 2.05) is 0 Å². The molecular formula is C21H30O. The summed E-state index contributed by atoms with van der Waals surface area (Å²) >= 11 is 0. The van der Waals surface area contributed by atoms with Crippen molar-refractivity contribution < 1.29 is 4.74 Å². The molecule has 1 nitrogen and oxygen atoms in total. The Morgan fingerprint density at radius 1 is 1.18 bits per heavy atom. The van der Waals surface area contributed by atoms with Gasteiger partial charge in [0.05, 0.1) is 7.11 Å². The topological polar surface area (TPSA) is 9.23 Å². The molecule has 0 spiro atoms. The molecule has 120 valence electrons. The van der Waals surface area contributed by atoms with Gasteiger partial charge in [-0.3, -0.25) is 0 Å². The molecule has 0 amide bonds. The first-order valence-corrected chi connectivity index (χ1v) is 9.34. The lowest BCUT2D eigenvalue weighted by atomic mass is 9.54. The molecule has 1 heteroatoms. The normalized spacial score (nSPS) is 39.8. The van der Waals surface area contributed by atoms with Crippen LogP contribution in [0.2, 0.25) is 0 Å². The van der Waals surface area contributed by atoms with Gasteiger partial charge in [0.15, 0.2) is 0 Å². The average Bonchev–Trinajstić information content (AvgIpc) is 2.90. The third-order valence-corrected chi connectivity index (χ3v) is 7.62. The molecule has 0 saturated heterocycles. The molecule has 2 saturated carbocycles. The molecule has 5 atom stereocenters. The maximum Gasteiger partial charge on any atom is 0.119 e. The Bertz CT molecular complexity index is 563. The number of fused-ring (bicyclic) bond motifs is 5. The van der Waals surface area contributed by atoms with Crippen LogP contribution in [0.5, 0.6) is 5.75 Å². The van der Waals surface area contributed by atoms with Gasteiger partial charge in [0.25, 0.3) is 0 Å². The third kappa shape index (κ3) is 1.97. The van der Waals surface area contributed by atoms with Gasteiger partial charge < -0.3 is 4.74 Å². The molecule has 1 aromatic carbocycles. The fourth-order valence-electron chi connectivity index (χ4n) is 6.47. The summed E-state index contributed by atoms with van der Waals surface area (Å²) in [5, 5.41) is 0. The molecule has 4 rings (SSSR count). The van der Waals surface area contributed by atoms with Crippen molar-refractivity contribution in [1.29, 1.82) is 0 Å². The van der Waals surface area contributed by atoms with E-state index >= 15 is 0 Å². The van der Waals surface area contributed by atoms with Crippen molar-refractivity contribution in [2.45, 2.75) is 64.7 Å². The van der Waals surface area contributed by atoms with Gasteiger partial charge in [-0.1, -0.05) is 26.3 Å². The Balaban J connectivity index is 1.66. The Labute approximate surface area is 135 Å². The second kappa shape index (κ2) is 5.28. The highest BCUT2D eigenvalue weighted by molar-refractivity contribution is 5.40. The lowest BCUT2D eigenvalue weighted by Gasteiger charge is -2.51. The van der Waals surface area contributed by atoms with Crippen LogP contribution in [0.25, 0.3) is 0 Å². The molecule has 0 heterocycles. The van der Waals surface area contributed by atoms with Crippen molar-refractivity contribution in [2.24, 2.45) is 23.2 Å². The molecule has 0 bridgehead atoms. The highest BCUT2D eigenvalue weighted by atomic mass is 16.5. The third-order valence-electron chi connectivity index (χ3n) is 7.62. The van der Waals surface area contributed by atoms with Crippen LogP contribution in [-0.2, 0) is 6.42 Å². The Morgan fingerprint density at radius 3 is 2.82 bits per heavy atom. The van der Waals surface area contributed by atoms with Crippen molar-refractivity contribution in [2.75, 3.05) is 7.11 Å². The summed E-state index contributed by atoms with van der Waals surface area (Å²) in [5.74, 6) is 4.76. The minimum atomic E-state index is 0.639. The largest absolute Gasteiger partial charge is 0.497 e. The molecule has 0 unspecified atom stereocenters. The van der Waals surface area contributed by atoms with Gasteiger partial charge in [-0.15, -0.1) is 0 Å². The van der Waals surface area contributed by atoms with E-state index in [0.29, 0.717) is 5.41 Å². The smallest absolute Gasteiger partial charge is 0.119 e. The summed E-state index contributed by atoms with van der Waals surface area (Å²) in [5.41, 5.74) is 3.85. The van der Waals surface area contributed by atoms with E-state index in [9.17, 15) is 0 Å². The van der Waals surface area contributed by atoms with Gasteiger partial charge in [0.1, 0.15) is 5.75 Å². The van der Waals surface area contributed by atoms with E-state index in [2.05, 4.69) is 32.0 Å². The Morgan fingerprint density at radius 2 is 2.05 bits per heavy atom. The van der Waals surface area contributed by atoms with Crippen molar-refractivity contribution in [3.8, 4) is 5.75 Å². The quantitative estimate of drug-likeness (QED) is 0.693. The van der Waals surface area contributed by atoms with E-state index in [1.54, 1.807) is 18.2 Å². The van der Waals surface area contributed by atoms with Gasteiger partial charge in [-0.05, 0) is 90.9 Å². The first kappa shape index (κ1) is 14.6. The van der Waals surface area contributed by atoms with Crippen LogP contribution < -0.4 is 4.74 Å². The summed E-state index contributed by atoms with van der Waals surface area (Å²) in [7, 11) is 1.78. The van der Waals surface area contributed by atoms with Crippen molar-refractivity contribution in [3.05, 3.63) is 29.3 Å². The summed E-state index contributed by atoms with van der Waals surface area (Å²) in [6, 6.07) is 6.85. The molecule has 0 aliphatic heterocycles. The monoisotopic (exact) mass is 298 g/mol. The highest BCUT2D eigenvalue weighted by Crippen LogP contribution is 2.63. The predicted octanol–water partition coefficient (Wildman–Crippen LogP) is 5.58. The van der Waals surface area contributed by atoms with Gasteiger partial charge in [-0.25, -0.2) is 0 Å². The zero-order valence-electron chi connectivity index (χ0n) is 14.4. The van der Waals surface area contributed by atoms with E-state index in [-0.39, 0.29) is 0 Å². The molecule has 3 aliphatic carbocycles. The maximum atomic E-state index is 5.43. The Hall–Kier alpha value is -0.980. The number of hydrogen-bond acceptors (Lipinski definition) is 1.